The molecule has 0 bridgehead atoms. The Hall–Kier alpha value is -3.77. The van der Waals surface area contributed by atoms with Crippen molar-refractivity contribution in [3.63, 3.8) is 0 Å². The van der Waals surface area contributed by atoms with E-state index in [-0.39, 0.29) is 22.6 Å². The van der Waals surface area contributed by atoms with E-state index >= 15 is 0 Å². The highest BCUT2D eigenvalue weighted by Crippen LogP contribution is 2.24. The lowest BCUT2D eigenvalue weighted by atomic mass is 10.0. The van der Waals surface area contributed by atoms with Gasteiger partial charge in [-0.2, -0.15) is 5.26 Å². The summed E-state index contributed by atoms with van der Waals surface area (Å²) in [6.07, 6.45) is 2.94. The first-order valence-electron chi connectivity index (χ1n) is 10.4. The molecular formula is C23H23FN6O2. The SMILES string of the molecule is CCN1CCN(C(=O)c2ccc(-n3[nH]cc(-c4ccc(C#N)c(F)c4C)c3=O)nc2)CC1. The van der Waals surface area contributed by atoms with Gasteiger partial charge in [-0.25, -0.2) is 14.1 Å². The van der Waals surface area contributed by atoms with Crippen molar-refractivity contribution in [3.8, 4) is 23.0 Å². The summed E-state index contributed by atoms with van der Waals surface area (Å²) in [6, 6.07) is 7.95. The van der Waals surface area contributed by atoms with Crippen molar-refractivity contribution in [2.75, 3.05) is 32.7 Å². The molecule has 8 nitrogen and oxygen atoms in total. The van der Waals surface area contributed by atoms with E-state index in [1.54, 1.807) is 24.3 Å². The fourth-order valence-corrected chi connectivity index (χ4v) is 3.89. The smallest absolute Gasteiger partial charge is 0.280 e. The van der Waals surface area contributed by atoms with Gasteiger partial charge in [0.25, 0.3) is 11.5 Å². The fourth-order valence-electron chi connectivity index (χ4n) is 3.89. The second-order valence-corrected chi connectivity index (χ2v) is 7.67. The molecule has 1 aliphatic rings. The van der Waals surface area contributed by atoms with E-state index in [2.05, 4.69) is 21.9 Å². The molecule has 1 fully saturated rings. The number of amides is 1. The molecule has 1 aromatic carbocycles. The maximum absolute atomic E-state index is 14.3. The maximum Gasteiger partial charge on any atom is 0.280 e. The van der Waals surface area contributed by atoms with Crippen molar-refractivity contribution < 1.29 is 9.18 Å². The van der Waals surface area contributed by atoms with Crippen molar-refractivity contribution in [2.45, 2.75) is 13.8 Å². The van der Waals surface area contributed by atoms with E-state index < -0.39 is 11.4 Å². The molecule has 164 valence electrons. The number of carbonyl (C=O) groups excluding carboxylic acids is 1. The number of likely N-dealkylation sites (N-methyl/N-ethyl adjacent to an activating group) is 1. The third-order valence-electron chi connectivity index (χ3n) is 5.90. The highest BCUT2D eigenvalue weighted by molar-refractivity contribution is 5.94. The molecule has 1 N–H and O–H groups in total. The predicted molar refractivity (Wildman–Crippen MR) is 117 cm³/mol. The topological polar surface area (TPSA) is 98.0 Å². The van der Waals surface area contributed by atoms with Gasteiger partial charge in [0.2, 0.25) is 0 Å². The molecule has 3 heterocycles. The van der Waals surface area contributed by atoms with Gasteiger partial charge in [0.05, 0.1) is 16.7 Å². The van der Waals surface area contributed by atoms with Crippen molar-refractivity contribution in [2.24, 2.45) is 0 Å². The number of hydrogen-bond acceptors (Lipinski definition) is 5. The number of nitrogens with one attached hydrogen (secondary N) is 1. The van der Waals surface area contributed by atoms with E-state index in [4.69, 9.17) is 5.26 Å². The van der Waals surface area contributed by atoms with Gasteiger partial charge < -0.3 is 9.80 Å². The average molecular weight is 434 g/mol. The van der Waals surface area contributed by atoms with Gasteiger partial charge in [-0.3, -0.25) is 14.7 Å². The quantitative estimate of drug-likeness (QED) is 0.680. The Balaban J connectivity index is 1.57. The number of halogens is 1. The summed E-state index contributed by atoms with van der Waals surface area (Å²) >= 11 is 0. The Labute approximate surface area is 184 Å². The molecule has 0 saturated carbocycles. The number of nitrogens with zero attached hydrogens (tertiary/aromatic N) is 5. The third-order valence-corrected chi connectivity index (χ3v) is 5.90. The minimum Gasteiger partial charge on any atom is -0.336 e. The molecule has 3 aromatic rings. The van der Waals surface area contributed by atoms with Crippen LogP contribution in [0.1, 0.15) is 28.4 Å². The van der Waals surface area contributed by atoms with Gasteiger partial charge in [-0.05, 0) is 42.8 Å². The number of nitriles is 1. The van der Waals surface area contributed by atoms with Gasteiger partial charge >= 0.3 is 0 Å². The van der Waals surface area contributed by atoms with Crippen LogP contribution in [0.15, 0.2) is 41.5 Å². The van der Waals surface area contributed by atoms with Crippen molar-refractivity contribution >= 4 is 5.91 Å². The zero-order chi connectivity index (χ0) is 22.8. The molecule has 0 atom stereocenters. The second-order valence-electron chi connectivity index (χ2n) is 7.67. The molecule has 1 aliphatic heterocycles. The number of carbonyl (C=O) groups is 1. The number of H-pyrrole nitrogens is 1. The normalized spacial score (nSPS) is 14.4. The number of aromatic amines is 1. The monoisotopic (exact) mass is 434 g/mol. The summed E-state index contributed by atoms with van der Waals surface area (Å²) in [5.74, 6) is -0.402. The van der Waals surface area contributed by atoms with E-state index in [1.807, 2.05) is 4.90 Å². The van der Waals surface area contributed by atoms with Gasteiger partial charge in [0.1, 0.15) is 11.9 Å². The van der Waals surface area contributed by atoms with Crippen molar-refractivity contribution in [3.05, 3.63) is 69.5 Å². The minimum atomic E-state index is -0.641. The summed E-state index contributed by atoms with van der Waals surface area (Å²) < 4.78 is 15.6. The minimum absolute atomic E-state index is 0.0693. The first-order valence-corrected chi connectivity index (χ1v) is 10.4. The van der Waals surface area contributed by atoms with Crippen LogP contribution in [0.5, 0.6) is 0 Å². The van der Waals surface area contributed by atoms with Crippen LogP contribution in [0, 0.1) is 24.1 Å². The Morgan fingerprint density at radius 3 is 2.56 bits per heavy atom. The Kier molecular flexibility index (Phi) is 5.88. The van der Waals surface area contributed by atoms with E-state index in [1.165, 1.54) is 30.1 Å². The Bertz CT molecular complexity index is 1250. The highest BCUT2D eigenvalue weighted by Gasteiger charge is 2.22. The van der Waals surface area contributed by atoms with Crippen molar-refractivity contribution in [1.29, 1.82) is 5.26 Å². The first-order chi connectivity index (χ1) is 15.4. The molecule has 0 radical (unpaired) electrons. The van der Waals surface area contributed by atoms with E-state index in [0.717, 1.165) is 19.6 Å². The van der Waals surface area contributed by atoms with Gasteiger partial charge in [0, 0.05) is 38.6 Å². The first kappa shape index (κ1) is 21.5. The number of rotatable bonds is 4. The molecule has 2 aromatic heterocycles. The van der Waals surface area contributed by atoms with Crippen LogP contribution in [0.2, 0.25) is 0 Å². The average Bonchev–Trinajstić information content (AvgIpc) is 3.21. The third kappa shape index (κ3) is 3.81. The van der Waals surface area contributed by atoms with Crippen LogP contribution in [0.3, 0.4) is 0 Å². The zero-order valence-electron chi connectivity index (χ0n) is 17.9. The number of benzene rings is 1. The molecule has 1 saturated heterocycles. The number of piperazine rings is 1. The lowest BCUT2D eigenvalue weighted by Crippen LogP contribution is -2.48. The van der Waals surface area contributed by atoms with Crippen LogP contribution in [0.25, 0.3) is 16.9 Å². The van der Waals surface area contributed by atoms with Crippen LogP contribution < -0.4 is 5.56 Å². The van der Waals surface area contributed by atoms with Crippen LogP contribution in [-0.2, 0) is 0 Å². The second kappa shape index (κ2) is 8.77. The fraction of sp³-hybridized carbons (Fsp3) is 0.304. The lowest BCUT2D eigenvalue weighted by Gasteiger charge is -2.34. The van der Waals surface area contributed by atoms with Crippen LogP contribution >= 0.6 is 0 Å². The Morgan fingerprint density at radius 2 is 1.94 bits per heavy atom. The molecule has 0 spiro atoms. The van der Waals surface area contributed by atoms with Gasteiger partial charge in [-0.15, -0.1) is 0 Å². The molecule has 4 rings (SSSR count). The molecule has 0 aliphatic carbocycles. The summed E-state index contributed by atoms with van der Waals surface area (Å²) in [4.78, 5) is 34.1. The highest BCUT2D eigenvalue weighted by atomic mass is 19.1. The summed E-state index contributed by atoms with van der Waals surface area (Å²) in [7, 11) is 0. The Morgan fingerprint density at radius 1 is 1.19 bits per heavy atom. The summed E-state index contributed by atoms with van der Waals surface area (Å²) in [6.45, 7) is 7.66. The largest absolute Gasteiger partial charge is 0.336 e. The van der Waals surface area contributed by atoms with Gasteiger partial charge in [0.15, 0.2) is 5.82 Å². The molecular weight excluding hydrogens is 411 g/mol. The predicted octanol–water partition coefficient (Wildman–Crippen LogP) is 2.32. The molecule has 1 amide bonds. The summed E-state index contributed by atoms with van der Waals surface area (Å²) in [5.41, 5.74) is 0.883. The van der Waals surface area contributed by atoms with Crippen LogP contribution in [0.4, 0.5) is 4.39 Å². The summed E-state index contributed by atoms with van der Waals surface area (Å²) in [5, 5.41) is 11.8. The van der Waals surface area contributed by atoms with Crippen molar-refractivity contribution in [1.82, 2.24) is 24.6 Å². The van der Waals surface area contributed by atoms with E-state index in [9.17, 15) is 14.0 Å². The van der Waals surface area contributed by atoms with Gasteiger partial charge in [-0.1, -0.05) is 13.0 Å². The molecule has 0 unspecified atom stereocenters. The lowest BCUT2D eigenvalue weighted by molar-refractivity contribution is 0.0643. The van der Waals surface area contributed by atoms with E-state index in [0.29, 0.717) is 30.0 Å². The zero-order valence-corrected chi connectivity index (χ0v) is 17.9. The standard InChI is InChI=1S/C23H23FN6O2/c1-3-28-8-10-29(11-9-28)22(31)17-5-7-20(26-13-17)30-23(32)19(14-27-30)18-6-4-16(12-25)21(24)15(18)2/h4-7,13-14,27H,3,8-11H2,1-2H3. The maximum atomic E-state index is 14.3. The number of pyridine rings is 1. The molecule has 9 heteroatoms. The molecule has 32 heavy (non-hydrogen) atoms. The van der Waals surface area contributed by atoms with Crippen LogP contribution in [-0.4, -0.2) is 63.2 Å². The number of hydrogen-bond donors (Lipinski definition) is 1. The number of aromatic nitrogens is 3.